The molecule has 1 heterocycles. The van der Waals surface area contributed by atoms with E-state index in [4.69, 9.17) is 9.47 Å². The summed E-state index contributed by atoms with van der Waals surface area (Å²) in [6.07, 6.45) is 11.3. The molecule has 2 fully saturated rings. The van der Waals surface area contributed by atoms with Crippen LogP contribution >= 0.6 is 0 Å². The third kappa shape index (κ3) is 3.85. The van der Waals surface area contributed by atoms with Crippen molar-refractivity contribution in [2.75, 3.05) is 13.7 Å². The lowest BCUT2D eigenvalue weighted by molar-refractivity contribution is 0.0595. The molecule has 4 rings (SSSR count). The van der Waals surface area contributed by atoms with Gasteiger partial charge in [-0.05, 0) is 30.2 Å². The van der Waals surface area contributed by atoms with E-state index in [0.29, 0.717) is 30.6 Å². The standard InChI is InChI=1S/C23H29BO3/c1-26-23(25)20-15-21(24-13-7-8-14-24)18-11-5-6-12-19(18)22(20)27-16-17-9-3-2-4-10-17/h5-6,11-12,15,17H,2-4,7-10,13-14,16H2,1H3. The maximum Gasteiger partial charge on any atom is 0.341 e. The van der Waals surface area contributed by atoms with Crippen LogP contribution in [-0.2, 0) is 4.74 Å². The molecule has 1 aliphatic heterocycles. The first kappa shape index (κ1) is 18.4. The van der Waals surface area contributed by atoms with Gasteiger partial charge in [0.25, 0.3) is 0 Å². The molecule has 1 saturated heterocycles. The van der Waals surface area contributed by atoms with E-state index in [1.807, 2.05) is 6.07 Å². The normalized spacial score (nSPS) is 18.0. The van der Waals surface area contributed by atoms with Crippen LogP contribution in [0.3, 0.4) is 0 Å². The van der Waals surface area contributed by atoms with Gasteiger partial charge >= 0.3 is 5.97 Å². The minimum absolute atomic E-state index is 0.293. The molecule has 4 heteroatoms. The second kappa shape index (κ2) is 8.37. The summed E-state index contributed by atoms with van der Waals surface area (Å²) in [4.78, 5) is 12.6. The minimum atomic E-state index is -0.293. The van der Waals surface area contributed by atoms with Crippen molar-refractivity contribution in [2.45, 2.75) is 57.6 Å². The first-order valence-electron chi connectivity index (χ1n) is 10.5. The summed E-state index contributed by atoms with van der Waals surface area (Å²) in [6.45, 7) is 1.22. The summed E-state index contributed by atoms with van der Waals surface area (Å²) < 4.78 is 11.4. The average Bonchev–Trinajstić information content (AvgIpc) is 3.26. The highest BCUT2D eigenvalue weighted by Gasteiger charge is 2.27. The van der Waals surface area contributed by atoms with Crippen molar-refractivity contribution in [3.05, 3.63) is 35.9 Å². The van der Waals surface area contributed by atoms with E-state index in [1.165, 1.54) is 75.5 Å². The molecule has 1 saturated carbocycles. The molecule has 27 heavy (non-hydrogen) atoms. The molecule has 0 spiro atoms. The fourth-order valence-electron chi connectivity index (χ4n) is 4.92. The Morgan fingerprint density at radius 1 is 1.04 bits per heavy atom. The Morgan fingerprint density at radius 3 is 2.44 bits per heavy atom. The Balaban J connectivity index is 1.75. The second-order valence-electron chi connectivity index (χ2n) is 8.18. The number of benzene rings is 2. The fourth-order valence-corrected chi connectivity index (χ4v) is 4.92. The van der Waals surface area contributed by atoms with Crippen molar-refractivity contribution < 1.29 is 14.3 Å². The Morgan fingerprint density at radius 2 is 1.74 bits per heavy atom. The molecule has 142 valence electrons. The molecule has 0 atom stereocenters. The number of carbonyl (C=O) groups excluding carboxylic acids is 1. The van der Waals surface area contributed by atoms with Crippen LogP contribution in [0.25, 0.3) is 10.8 Å². The molecular formula is C23H29BO3. The SMILES string of the molecule is COC(=O)c1cc(B2CCCC2)c2ccccc2c1OCC1CCCCC1. The molecule has 0 amide bonds. The van der Waals surface area contributed by atoms with Crippen molar-refractivity contribution in [1.29, 1.82) is 0 Å². The number of fused-ring (bicyclic) bond motifs is 1. The lowest BCUT2D eigenvalue weighted by Gasteiger charge is -2.24. The molecule has 1 aliphatic carbocycles. The maximum atomic E-state index is 12.6. The van der Waals surface area contributed by atoms with Gasteiger partial charge in [-0.3, -0.25) is 0 Å². The van der Waals surface area contributed by atoms with Crippen molar-refractivity contribution in [3.8, 4) is 5.75 Å². The molecule has 0 aromatic heterocycles. The summed E-state index contributed by atoms with van der Waals surface area (Å²) in [6, 6.07) is 10.5. The summed E-state index contributed by atoms with van der Waals surface area (Å²) >= 11 is 0. The summed E-state index contributed by atoms with van der Waals surface area (Å²) in [5.74, 6) is 1.01. The van der Waals surface area contributed by atoms with Gasteiger partial charge in [-0.15, -0.1) is 0 Å². The van der Waals surface area contributed by atoms with Crippen LogP contribution in [0.4, 0.5) is 0 Å². The van der Waals surface area contributed by atoms with E-state index in [9.17, 15) is 4.79 Å². The van der Waals surface area contributed by atoms with Gasteiger partial charge in [-0.1, -0.05) is 74.5 Å². The van der Waals surface area contributed by atoms with E-state index >= 15 is 0 Å². The van der Waals surface area contributed by atoms with Crippen LogP contribution < -0.4 is 10.2 Å². The molecule has 0 N–H and O–H groups in total. The number of esters is 1. The molecule has 2 aliphatic rings. The maximum absolute atomic E-state index is 12.6. The van der Waals surface area contributed by atoms with Gasteiger partial charge in [0.15, 0.2) is 6.71 Å². The first-order valence-corrected chi connectivity index (χ1v) is 10.5. The van der Waals surface area contributed by atoms with Gasteiger partial charge in [-0.2, -0.15) is 0 Å². The molecule has 0 unspecified atom stereocenters. The van der Waals surface area contributed by atoms with Crippen LogP contribution in [-0.4, -0.2) is 26.4 Å². The van der Waals surface area contributed by atoms with Crippen molar-refractivity contribution >= 4 is 28.9 Å². The lowest BCUT2D eigenvalue weighted by Crippen LogP contribution is -2.29. The van der Waals surface area contributed by atoms with Crippen LogP contribution in [0.15, 0.2) is 30.3 Å². The van der Waals surface area contributed by atoms with Gasteiger partial charge in [0.1, 0.15) is 11.3 Å². The molecule has 2 aromatic rings. The van der Waals surface area contributed by atoms with Crippen LogP contribution in [0.1, 0.15) is 55.3 Å². The molecular weight excluding hydrogens is 335 g/mol. The smallest absolute Gasteiger partial charge is 0.341 e. The number of hydrogen-bond acceptors (Lipinski definition) is 3. The second-order valence-corrected chi connectivity index (χ2v) is 8.18. The molecule has 0 radical (unpaired) electrons. The number of rotatable bonds is 5. The Kier molecular flexibility index (Phi) is 5.70. The lowest BCUT2D eigenvalue weighted by atomic mass is 9.43. The third-order valence-electron chi connectivity index (χ3n) is 6.42. The highest BCUT2D eigenvalue weighted by molar-refractivity contribution is 6.76. The molecule has 0 bridgehead atoms. The van der Waals surface area contributed by atoms with Crippen molar-refractivity contribution in [1.82, 2.24) is 0 Å². The van der Waals surface area contributed by atoms with Crippen LogP contribution in [0.5, 0.6) is 5.75 Å². The van der Waals surface area contributed by atoms with Crippen molar-refractivity contribution in [3.63, 3.8) is 0 Å². The highest BCUT2D eigenvalue weighted by atomic mass is 16.5. The topological polar surface area (TPSA) is 35.5 Å². The quantitative estimate of drug-likeness (QED) is 0.548. The number of methoxy groups -OCH3 is 1. The summed E-state index contributed by atoms with van der Waals surface area (Å²) in [7, 11) is 1.46. The minimum Gasteiger partial charge on any atom is -0.492 e. The van der Waals surface area contributed by atoms with Gasteiger partial charge in [0.05, 0.1) is 13.7 Å². The largest absolute Gasteiger partial charge is 0.492 e. The van der Waals surface area contributed by atoms with E-state index in [0.717, 1.165) is 5.39 Å². The van der Waals surface area contributed by atoms with E-state index in [-0.39, 0.29) is 5.97 Å². The van der Waals surface area contributed by atoms with E-state index in [2.05, 4.69) is 24.3 Å². The molecule has 3 nitrogen and oxygen atoms in total. The van der Waals surface area contributed by atoms with E-state index in [1.54, 1.807) is 0 Å². The zero-order valence-electron chi connectivity index (χ0n) is 16.3. The van der Waals surface area contributed by atoms with Gasteiger partial charge in [0, 0.05) is 5.39 Å². The Labute approximate surface area is 162 Å². The third-order valence-corrected chi connectivity index (χ3v) is 6.42. The average molecular weight is 364 g/mol. The van der Waals surface area contributed by atoms with Gasteiger partial charge in [-0.25, -0.2) is 4.79 Å². The van der Waals surface area contributed by atoms with Crippen molar-refractivity contribution in [2.24, 2.45) is 5.92 Å². The Bertz CT molecular complexity index is 805. The van der Waals surface area contributed by atoms with Crippen LogP contribution in [0.2, 0.25) is 12.6 Å². The zero-order chi connectivity index (χ0) is 18.6. The monoisotopic (exact) mass is 364 g/mol. The number of carbonyl (C=O) groups is 1. The number of ether oxygens (including phenoxy) is 2. The summed E-state index contributed by atoms with van der Waals surface area (Å²) in [5, 5.41) is 2.29. The first-order chi connectivity index (χ1) is 13.3. The summed E-state index contributed by atoms with van der Waals surface area (Å²) in [5.41, 5.74) is 1.88. The molecule has 2 aromatic carbocycles. The predicted molar refractivity (Wildman–Crippen MR) is 112 cm³/mol. The zero-order valence-corrected chi connectivity index (χ0v) is 16.3. The Hall–Kier alpha value is -1.97. The number of hydrogen-bond donors (Lipinski definition) is 0. The highest BCUT2D eigenvalue weighted by Crippen LogP contribution is 2.33. The van der Waals surface area contributed by atoms with Gasteiger partial charge in [0.2, 0.25) is 0 Å². The fraction of sp³-hybridized carbons (Fsp3) is 0.522. The van der Waals surface area contributed by atoms with Gasteiger partial charge < -0.3 is 9.47 Å². The van der Waals surface area contributed by atoms with Crippen LogP contribution in [0, 0.1) is 5.92 Å². The van der Waals surface area contributed by atoms with E-state index < -0.39 is 0 Å². The predicted octanol–water partition coefficient (Wildman–Crippen LogP) is 5.08.